The van der Waals surface area contributed by atoms with Crippen molar-refractivity contribution in [1.29, 1.82) is 0 Å². The second-order valence-corrected chi connectivity index (χ2v) is 7.72. The fourth-order valence-electron chi connectivity index (χ4n) is 3.71. The maximum absolute atomic E-state index is 5.89. The summed E-state index contributed by atoms with van der Waals surface area (Å²) >= 11 is 0. The van der Waals surface area contributed by atoms with Crippen molar-refractivity contribution in [2.45, 2.75) is 32.9 Å². The highest BCUT2D eigenvalue weighted by atomic mass is 127. The van der Waals surface area contributed by atoms with Gasteiger partial charge < -0.3 is 25.0 Å². The lowest BCUT2D eigenvalue weighted by Gasteiger charge is -2.28. The molecular formula is C24H35IN4O2. The Kier molecular flexibility index (Phi) is 10.4. The van der Waals surface area contributed by atoms with E-state index in [1.54, 1.807) is 14.2 Å². The van der Waals surface area contributed by atoms with E-state index >= 15 is 0 Å². The number of anilines is 1. The number of nitrogens with zero attached hydrogens (tertiary/aromatic N) is 2. The zero-order valence-electron chi connectivity index (χ0n) is 19.0. The fraction of sp³-hybridized carbons (Fsp3) is 0.458. The first-order valence-corrected chi connectivity index (χ1v) is 10.6. The van der Waals surface area contributed by atoms with Crippen molar-refractivity contribution >= 4 is 35.6 Å². The van der Waals surface area contributed by atoms with Gasteiger partial charge in [-0.2, -0.15) is 0 Å². The molecule has 2 aromatic rings. The molecule has 3 rings (SSSR count). The number of halogens is 1. The van der Waals surface area contributed by atoms with Crippen molar-refractivity contribution in [3.63, 3.8) is 0 Å². The molecule has 0 aromatic heterocycles. The molecule has 0 atom stereocenters. The summed E-state index contributed by atoms with van der Waals surface area (Å²) in [5.41, 5.74) is 6.32. The molecule has 0 spiro atoms. The van der Waals surface area contributed by atoms with Gasteiger partial charge >= 0.3 is 0 Å². The summed E-state index contributed by atoms with van der Waals surface area (Å²) in [6.45, 7) is 5.68. The molecule has 7 heteroatoms. The molecule has 1 heterocycles. The van der Waals surface area contributed by atoms with Crippen LogP contribution in [-0.2, 0) is 24.2 Å². The SMILES string of the molecule is CN=C(NCc1ccc2c(c1)CCCN2C)NCc1ccc(C)cc1OCCOC.I. The maximum atomic E-state index is 5.89. The number of fused-ring (bicyclic) bond motifs is 1. The highest BCUT2D eigenvalue weighted by Gasteiger charge is 2.13. The summed E-state index contributed by atoms with van der Waals surface area (Å²) in [5, 5.41) is 6.82. The van der Waals surface area contributed by atoms with Crippen molar-refractivity contribution in [3.8, 4) is 5.75 Å². The average molecular weight is 538 g/mol. The minimum absolute atomic E-state index is 0. The van der Waals surface area contributed by atoms with E-state index in [2.05, 4.69) is 70.9 Å². The van der Waals surface area contributed by atoms with Crippen LogP contribution < -0.4 is 20.3 Å². The summed E-state index contributed by atoms with van der Waals surface area (Å²) in [4.78, 5) is 6.70. The number of rotatable bonds is 8. The first kappa shape index (κ1) is 25.3. The molecule has 0 saturated carbocycles. The highest BCUT2D eigenvalue weighted by molar-refractivity contribution is 14.0. The van der Waals surface area contributed by atoms with E-state index in [-0.39, 0.29) is 24.0 Å². The molecule has 0 saturated heterocycles. The number of hydrogen-bond donors (Lipinski definition) is 2. The van der Waals surface area contributed by atoms with Gasteiger partial charge in [-0.05, 0) is 48.6 Å². The third-order valence-electron chi connectivity index (χ3n) is 5.39. The molecule has 6 nitrogen and oxygen atoms in total. The first-order chi connectivity index (χ1) is 14.6. The van der Waals surface area contributed by atoms with E-state index in [1.165, 1.54) is 28.8 Å². The molecular weight excluding hydrogens is 503 g/mol. The van der Waals surface area contributed by atoms with Crippen molar-refractivity contribution in [2.24, 2.45) is 4.99 Å². The molecule has 31 heavy (non-hydrogen) atoms. The minimum Gasteiger partial charge on any atom is -0.491 e. The van der Waals surface area contributed by atoms with E-state index in [0.717, 1.165) is 36.8 Å². The van der Waals surface area contributed by atoms with Gasteiger partial charge in [0.1, 0.15) is 12.4 Å². The van der Waals surface area contributed by atoms with Crippen LogP contribution in [-0.4, -0.2) is 46.9 Å². The Morgan fingerprint density at radius 2 is 1.90 bits per heavy atom. The van der Waals surface area contributed by atoms with Crippen LogP contribution in [0.25, 0.3) is 0 Å². The molecule has 0 fully saturated rings. The second-order valence-electron chi connectivity index (χ2n) is 7.72. The maximum Gasteiger partial charge on any atom is 0.191 e. The molecule has 0 unspecified atom stereocenters. The molecule has 1 aliphatic heterocycles. The predicted octanol–water partition coefficient (Wildman–Crippen LogP) is 3.89. The topological polar surface area (TPSA) is 58.1 Å². The average Bonchev–Trinajstić information content (AvgIpc) is 2.75. The number of benzene rings is 2. The summed E-state index contributed by atoms with van der Waals surface area (Å²) < 4.78 is 11.0. The third-order valence-corrected chi connectivity index (χ3v) is 5.39. The summed E-state index contributed by atoms with van der Waals surface area (Å²) in [5.74, 6) is 1.65. The lowest BCUT2D eigenvalue weighted by Crippen LogP contribution is -2.36. The lowest BCUT2D eigenvalue weighted by atomic mass is 9.99. The van der Waals surface area contributed by atoms with E-state index in [9.17, 15) is 0 Å². The summed E-state index contributed by atoms with van der Waals surface area (Å²) in [6, 6.07) is 13.0. The van der Waals surface area contributed by atoms with Crippen molar-refractivity contribution in [1.82, 2.24) is 10.6 Å². The van der Waals surface area contributed by atoms with Gasteiger partial charge in [0, 0.05) is 52.1 Å². The molecule has 0 radical (unpaired) electrons. The normalized spacial score (nSPS) is 13.3. The Bertz CT molecular complexity index is 873. The molecule has 0 bridgehead atoms. The second kappa shape index (κ2) is 12.8. The number of hydrogen-bond acceptors (Lipinski definition) is 4. The molecule has 0 aliphatic carbocycles. The Morgan fingerprint density at radius 1 is 1.10 bits per heavy atom. The van der Waals surface area contributed by atoms with Crippen LogP contribution in [0.2, 0.25) is 0 Å². The third kappa shape index (κ3) is 7.28. The van der Waals surface area contributed by atoms with Crippen LogP contribution in [0.5, 0.6) is 5.75 Å². The number of nitrogens with one attached hydrogen (secondary N) is 2. The number of aryl methyl sites for hydroxylation is 2. The summed E-state index contributed by atoms with van der Waals surface area (Å²) in [7, 11) is 5.64. The summed E-state index contributed by atoms with van der Waals surface area (Å²) in [6.07, 6.45) is 2.37. The highest BCUT2D eigenvalue weighted by Crippen LogP contribution is 2.26. The van der Waals surface area contributed by atoms with E-state index < -0.39 is 0 Å². The molecule has 0 amide bonds. The van der Waals surface area contributed by atoms with E-state index in [4.69, 9.17) is 9.47 Å². The number of guanidine groups is 1. The Morgan fingerprint density at radius 3 is 2.68 bits per heavy atom. The van der Waals surface area contributed by atoms with Crippen LogP contribution in [0.3, 0.4) is 0 Å². The van der Waals surface area contributed by atoms with Gasteiger partial charge in [0.25, 0.3) is 0 Å². The number of aliphatic imine (C=N–C) groups is 1. The monoisotopic (exact) mass is 538 g/mol. The molecule has 170 valence electrons. The Labute approximate surface area is 203 Å². The molecule has 2 aromatic carbocycles. The fourth-order valence-corrected chi connectivity index (χ4v) is 3.71. The van der Waals surface area contributed by atoms with Crippen LogP contribution in [0, 0.1) is 6.92 Å². The van der Waals surface area contributed by atoms with Gasteiger partial charge in [-0.3, -0.25) is 4.99 Å². The van der Waals surface area contributed by atoms with Gasteiger partial charge in [-0.1, -0.05) is 24.3 Å². The van der Waals surface area contributed by atoms with Crippen molar-refractivity contribution < 1.29 is 9.47 Å². The quantitative estimate of drug-likeness (QED) is 0.231. The zero-order valence-corrected chi connectivity index (χ0v) is 21.4. The van der Waals surface area contributed by atoms with Gasteiger partial charge in [0.05, 0.1) is 6.61 Å². The van der Waals surface area contributed by atoms with Crippen molar-refractivity contribution in [3.05, 3.63) is 58.7 Å². The van der Waals surface area contributed by atoms with Gasteiger partial charge in [-0.15, -0.1) is 24.0 Å². The van der Waals surface area contributed by atoms with Gasteiger partial charge in [-0.25, -0.2) is 0 Å². The minimum atomic E-state index is 0. The predicted molar refractivity (Wildman–Crippen MR) is 139 cm³/mol. The number of methoxy groups -OCH3 is 1. The number of ether oxygens (including phenoxy) is 2. The largest absolute Gasteiger partial charge is 0.491 e. The van der Waals surface area contributed by atoms with Gasteiger partial charge in [0.2, 0.25) is 0 Å². The van der Waals surface area contributed by atoms with E-state index in [0.29, 0.717) is 19.8 Å². The smallest absolute Gasteiger partial charge is 0.191 e. The standard InChI is InChI=1S/C24H34N4O2.HI/c1-18-7-9-21(23(14-18)30-13-12-29-4)17-27-24(25-2)26-16-19-8-10-22-20(15-19)6-5-11-28(22)3;/h7-10,14-15H,5-6,11-13,16-17H2,1-4H3,(H2,25,26,27);1H. The van der Waals surface area contributed by atoms with Crippen molar-refractivity contribution in [2.75, 3.05) is 45.9 Å². The van der Waals surface area contributed by atoms with Crippen LogP contribution >= 0.6 is 24.0 Å². The van der Waals surface area contributed by atoms with Crippen LogP contribution in [0.15, 0.2) is 41.4 Å². The molecule has 2 N–H and O–H groups in total. The lowest BCUT2D eigenvalue weighted by molar-refractivity contribution is 0.145. The van der Waals surface area contributed by atoms with Crippen LogP contribution in [0.1, 0.15) is 28.7 Å². The Balaban J connectivity index is 0.00000341. The van der Waals surface area contributed by atoms with Crippen LogP contribution in [0.4, 0.5) is 5.69 Å². The zero-order chi connectivity index (χ0) is 21.3. The molecule has 1 aliphatic rings. The van der Waals surface area contributed by atoms with E-state index in [1.807, 2.05) is 0 Å². The van der Waals surface area contributed by atoms with Gasteiger partial charge in [0.15, 0.2) is 5.96 Å². The first-order valence-electron chi connectivity index (χ1n) is 10.6. The Hall–Kier alpha value is -2.00.